The lowest BCUT2D eigenvalue weighted by atomic mass is 9.91. The summed E-state index contributed by atoms with van der Waals surface area (Å²) in [5.41, 5.74) is 0.859. The molecule has 0 aliphatic carbocycles. The van der Waals surface area contributed by atoms with Crippen LogP contribution in [-0.4, -0.2) is 11.4 Å². The number of carbonyl (C=O) groups excluding carboxylic acids is 1. The van der Waals surface area contributed by atoms with Crippen LogP contribution < -0.4 is 5.32 Å². The van der Waals surface area contributed by atoms with Crippen LogP contribution in [0, 0.1) is 0 Å². The first kappa shape index (κ1) is 7.40. The van der Waals surface area contributed by atoms with Crippen molar-refractivity contribution in [2.75, 3.05) is 0 Å². The summed E-state index contributed by atoms with van der Waals surface area (Å²) in [6.45, 7) is 4.00. The molecule has 0 atom stereocenters. The molecule has 1 amide bonds. The number of hydrogen-bond acceptors (Lipinski definition) is 2. The van der Waals surface area contributed by atoms with Crippen LogP contribution in [0.4, 0.5) is 0 Å². The smallest absolute Gasteiger partial charge is 0.287 e. The molecule has 1 aromatic rings. The van der Waals surface area contributed by atoms with Gasteiger partial charge in [-0.15, -0.1) is 0 Å². The van der Waals surface area contributed by atoms with Crippen LogP contribution in [-0.2, 0) is 6.42 Å². The highest BCUT2D eigenvalue weighted by atomic mass is 16.3. The quantitative estimate of drug-likeness (QED) is 0.630. The first-order valence-electron chi connectivity index (χ1n) is 3.97. The Morgan fingerprint density at radius 3 is 3.08 bits per heavy atom. The summed E-state index contributed by atoms with van der Waals surface area (Å²) < 4.78 is 5.05. The fourth-order valence-corrected chi connectivity index (χ4v) is 1.56. The first-order valence-corrected chi connectivity index (χ1v) is 3.97. The minimum Gasteiger partial charge on any atom is -0.459 e. The summed E-state index contributed by atoms with van der Waals surface area (Å²) in [4.78, 5) is 11.4. The second-order valence-electron chi connectivity index (χ2n) is 3.79. The van der Waals surface area contributed by atoms with E-state index in [0.717, 1.165) is 12.0 Å². The molecule has 0 unspecified atom stereocenters. The topological polar surface area (TPSA) is 42.2 Å². The van der Waals surface area contributed by atoms with Crippen molar-refractivity contribution < 1.29 is 9.21 Å². The van der Waals surface area contributed by atoms with E-state index in [0.29, 0.717) is 5.76 Å². The van der Waals surface area contributed by atoms with Crippen molar-refractivity contribution in [3.63, 3.8) is 0 Å². The van der Waals surface area contributed by atoms with Gasteiger partial charge in [0.25, 0.3) is 5.91 Å². The number of amides is 1. The zero-order chi connectivity index (χ0) is 8.77. The van der Waals surface area contributed by atoms with Crippen molar-refractivity contribution in [1.29, 1.82) is 0 Å². The molecule has 0 fully saturated rings. The third-order valence-electron chi connectivity index (χ3n) is 2.04. The number of fused-ring (bicyclic) bond motifs is 1. The maximum atomic E-state index is 11.4. The molecule has 2 rings (SSSR count). The standard InChI is InChI=1S/C9H11NO2/c1-9(2)5-6-3-4-12-7(6)8(11)10-9/h3-4H,5H2,1-2H3,(H,10,11). The van der Waals surface area contributed by atoms with Crippen molar-refractivity contribution in [2.45, 2.75) is 25.8 Å². The van der Waals surface area contributed by atoms with Crippen molar-refractivity contribution in [3.05, 3.63) is 23.7 Å². The number of nitrogens with one attached hydrogen (secondary N) is 1. The van der Waals surface area contributed by atoms with Gasteiger partial charge in [-0.3, -0.25) is 4.79 Å². The lowest BCUT2D eigenvalue weighted by Gasteiger charge is -2.29. The second kappa shape index (κ2) is 2.12. The number of rotatable bonds is 0. The Morgan fingerprint density at radius 2 is 2.33 bits per heavy atom. The molecule has 64 valence electrons. The van der Waals surface area contributed by atoms with Gasteiger partial charge in [-0.2, -0.15) is 0 Å². The van der Waals surface area contributed by atoms with Crippen molar-refractivity contribution >= 4 is 5.91 Å². The van der Waals surface area contributed by atoms with Crippen LogP contribution in [0.1, 0.15) is 30.0 Å². The molecule has 2 heterocycles. The number of carbonyl (C=O) groups is 1. The van der Waals surface area contributed by atoms with E-state index in [1.54, 1.807) is 6.26 Å². The molecule has 3 nitrogen and oxygen atoms in total. The van der Waals surface area contributed by atoms with Gasteiger partial charge < -0.3 is 9.73 Å². The zero-order valence-electron chi connectivity index (χ0n) is 7.18. The predicted octanol–water partition coefficient (Wildman–Crippen LogP) is 1.34. The molecule has 0 radical (unpaired) electrons. The van der Waals surface area contributed by atoms with Crippen LogP contribution >= 0.6 is 0 Å². The Morgan fingerprint density at radius 1 is 1.58 bits per heavy atom. The molecule has 0 saturated carbocycles. The summed E-state index contributed by atoms with van der Waals surface area (Å²) in [6, 6.07) is 1.86. The number of furan rings is 1. The zero-order valence-corrected chi connectivity index (χ0v) is 7.18. The van der Waals surface area contributed by atoms with E-state index in [4.69, 9.17) is 4.42 Å². The average molecular weight is 165 g/mol. The molecular weight excluding hydrogens is 154 g/mol. The average Bonchev–Trinajstić information content (AvgIpc) is 2.31. The van der Waals surface area contributed by atoms with E-state index in [9.17, 15) is 4.79 Å². The minimum absolute atomic E-state index is 0.105. The van der Waals surface area contributed by atoms with E-state index < -0.39 is 0 Å². The lowest BCUT2D eigenvalue weighted by molar-refractivity contribution is 0.0865. The van der Waals surface area contributed by atoms with E-state index >= 15 is 0 Å². The van der Waals surface area contributed by atoms with Gasteiger partial charge in [-0.05, 0) is 26.3 Å². The lowest BCUT2D eigenvalue weighted by Crippen LogP contribution is -2.48. The minimum atomic E-state index is -0.145. The third-order valence-corrected chi connectivity index (χ3v) is 2.04. The van der Waals surface area contributed by atoms with E-state index in [1.165, 1.54) is 0 Å². The SMILES string of the molecule is CC1(C)Cc2ccoc2C(=O)N1. The second-order valence-corrected chi connectivity index (χ2v) is 3.79. The van der Waals surface area contributed by atoms with Gasteiger partial charge in [0.1, 0.15) is 0 Å². The first-order chi connectivity index (χ1) is 5.58. The van der Waals surface area contributed by atoms with Crippen molar-refractivity contribution in [2.24, 2.45) is 0 Å². The normalized spacial score (nSPS) is 20.0. The summed E-state index contributed by atoms with van der Waals surface area (Å²) in [6.07, 6.45) is 2.40. The van der Waals surface area contributed by atoms with Crippen molar-refractivity contribution in [3.8, 4) is 0 Å². The summed E-state index contributed by atoms with van der Waals surface area (Å²) in [5.74, 6) is 0.362. The Labute approximate surface area is 70.8 Å². The maximum absolute atomic E-state index is 11.4. The van der Waals surface area contributed by atoms with Gasteiger partial charge in [-0.25, -0.2) is 0 Å². The van der Waals surface area contributed by atoms with Gasteiger partial charge in [0.2, 0.25) is 0 Å². The molecule has 0 bridgehead atoms. The molecule has 3 heteroatoms. The van der Waals surface area contributed by atoms with E-state index in [2.05, 4.69) is 5.32 Å². The number of hydrogen-bond donors (Lipinski definition) is 1. The van der Waals surface area contributed by atoms with Crippen LogP contribution in [0.15, 0.2) is 16.7 Å². The summed E-state index contributed by atoms with van der Waals surface area (Å²) in [7, 11) is 0. The van der Waals surface area contributed by atoms with Crippen LogP contribution in [0.25, 0.3) is 0 Å². The molecule has 0 saturated heterocycles. The van der Waals surface area contributed by atoms with Crippen LogP contribution in [0.2, 0.25) is 0 Å². The highest BCUT2D eigenvalue weighted by molar-refractivity contribution is 5.94. The third kappa shape index (κ3) is 1.02. The molecule has 0 aromatic carbocycles. The molecule has 1 aromatic heterocycles. The summed E-state index contributed by atoms with van der Waals surface area (Å²) in [5, 5.41) is 2.87. The van der Waals surface area contributed by atoms with Gasteiger partial charge in [-0.1, -0.05) is 0 Å². The molecule has 12 heavy (non-hydrogen) atoms. The van der Waals surface area contributed by atoms with E-state index in [-0.39, 0.29) is 11.4 Å². The molecule has 1 N–H and O–H groups in total. The summed E-state index contributed by atoms with van der Waals surface area (Å²) >= 11 is 0. The fraction of sp³-hybridized carbons (Fsp3) is 0.444. The van der Waals surface area contributed by atoms with Crippen LogP contribution in [0.3, 0.4) is 0 Å². The molecule has 1 aliphatic rings. The van der Waals surface area contributed by atoms with Gasteiger partial charge >= 0.3 is 0 Å². The Kier molecular flexibility index (Phi) is 1.31. The monoisotopic (exact) mass is 165 g/mol. The highest BCUT2D eigenvalue weighted by Gasteiger charge is 2.31. The fourth-order valence-electron chi connectivity index (χ4n) is 1.56. The van der Waals surface area contributed by atoms with Gasteiger partial charge in [0.05, 0.1) is 6.26 Å². The Hall–Kier alpha value is -1.25. The molecular formula is C9H11NO2. The van der Waals surface area contributed by atoms with E-state index in [1.807, 2.05) is 19.9 Å². The molecule has 0 spiro atoms. The predicted molar refractivity (Wildman–Crippen MR) is 44.0 cm³/mol. The van der Waals surface area contributed by atoms with Gasteiger partial charge in [0, 0.05) is 11.1 Å². The molecule has 1 aliphatic heterocycles. The largest absolute Gasteiger partial charge is 0.459 e. The highest BCUT2D eigenvalue weighted by Crippen LogP contribution is 2.23. The maximum Gasteiger partial charge on any atom is 0.287 e. The van der Waals surface area contributed by atoms with Crippen LogP contribution in [0.5, 0.6) is 0 Å². The Balaban J connectivity index is 2.45. The van der Waals surface area contributed by atoms with Crippen molar-refractivity contribution in [1.82, 2.24) is 5.32 Å². The Bertz CT molecular complexity index is 325. The van der Waals surface area contributed by atoms with Gasteiger partial charge in [0.15, 0.2) is 5.76 Å².